The molecule has 2 nitrogen and oxygen atoms in total. The van der Waals surface area contributed by atoms with Crippen molar-refractivity contribution in [2.75, 3.05) is 0 Å². The van der Waals surface area contributed by atoms with Crippen molar-refractivity contribution in [1.29, 1.82) is 0 Å². The van der Waals surface area contributed by atoms with E-state index in [1.807, 2.05) is 0 Å². The average Bonchev–Trinajstić information content (AvgIpc) is 2.87. The van der Waals surface area contributed by atoms with E-state index in [0.717, 1.165) is 18.3 Å². The van der Waals surface area contributed by atoms with E-state index in [0.29, 0.717) is 11.8 Å². The first-order valence-electron chi connectivity index (χ1n) is 5.79. The molecule has 5 atom stereocenters. The van der Waals surface area contributed by atoms with Crippen LogP contribution in [0, 0.1) is 23.7 Å². The summed E-state index contributed by atoms with van der Waals surface area (Å²) in [7, 11) is 0. The molecule has 3 aliphatic rings. The highest BCUT2D eigenvalue weighted by Crippen LogP contribution is 2.57. The molecule has 0 spiro atoms. The number of hydrogen-bond donors (Lipinski definition) is 0. The molecular weight excluding hydrogens is 188 g/mol. The van der Waals surface area contributed by atoms with Crippen LogP contribution < -0.4 is 0 Å². The molecule has 0 heterocycles. The first kappa shape index (κ1) is 9.20. The summed E-state index contributed by atoms with van der Waals surface area (Å²) in [6.45, 7) is 3.44. The van der Waals surface area contributed by atoms with E-state index >= 15 is 0 Å². The topological polar surface area (TPSA) is 26.3 Å². The Morgan fingerprint density at radius 2 is 2.27 bits per heavy atom. The summed E-state index contributed by atoms with van der Waals surface area (Å²) in [5, 5.41) is 0. The normalized spacial score (nSPS) is 45.5. The van der Waals surface area contributed by atoms with Crippen LogP contribution in [0.4, 0.5) is 0 Å². The Kier molecular flexibility index (Phi) is 1.98. The predicted molar refractivity (Wildman–Crippen MR) is 57.0 cm³/mol. The van der Waals surface area contributed by atoms with Crippen LogP contribution in [0.2, 0.25) is 0 Å². The van der Waals surface area contributed by atoms with Gasteiger partial charge in [0.05, 0.1) is 0 Å². The van der Waals surface area contributed by atoms with Crippen LogP contribution in [0.1, 0.15) is 19.3 Å². The van der Waals surface area contributed by atoms with Gasteiger partial charge in [0.1, 0.15) is 6.10 Å². The molecule has 0 radical (unpaired) electrons. The van der Waals surface area contributed by atoms with Gasteiger partial charge in [-0.1, -0.05) is 18.7 Å². The third kappa shape index (κ3) is 1.27. The molecule has 5 unspecified atom stereocenters. The first-order valence-corrected chi connectivity index (χ1v) is 5.79. The van der Waals surface area contributed by atoms with Gasteiger partial charge in [-0.3, -0.25) is 0 Å². The SMILES string of the molecule is C=CC(=O)OC1CC2CC1C1C=CCC21. The monoisotopic (exact) mass is 204 g/mol. The molecule has 2 fully saturated rings. The van der Waals surface area contributed by atoms with Crippen molar-refractivity contribution in [2.24, 2.45) is 23.7 Å². The third-order valence-corrected chi connectivity index (χ3v) is 4.38. The van der Waals surface area contributed by atoms with E-state index in [-0.39, 0.29) is 12.1 Å². The quantitative estimate of drug-likeness (QED) is 0.392. The molecule has 2 heteroatoms. The fourth-order valence-electron chi connectivity index (χ4n) is 3.82. The maximum Gasteiger partial charge on any atom is 0.330 e. The molecule has 0 amide bonds. The molecule has 2 bridgehead atoms. The van der Waals surface area contributed by atoms with Gasteiger partial charge in [-0.2, -0.15) is 0 Å². The van der Waals surface area contributed by atoms with Crippen molar-refractivity contribution in [3.8, 4) is 0 Å². The Labute approximate surface area is 90.0 Å². The van der Waals surface area contributed by atoms with E-state index < -0.39 is 0 Å². The lowest BCUT2D eigenvalue weighted by atomic mass is 9.80. The highest BCUT2D eigenvalue weighted by Gasteiger charge is 2.53. The molecular formula is C13H16O2. The van der Waals surface area contributed by atoms with Gasteiger partial charge in [-0.25, -0.2) is 4.79 Å². The molecule has 0 aromatic rings. The molecule has 0 saturated heterocycles. The van der Waals surface area contributed by atoms with Gasteiger partial charge >= 0.3 is 5.97 Å². The minimum absolute atomic E-state index is 0.157. The number of hydrogen-bond acceptors (Lipinski definition) is 2. The second-order valence-corrected chi connectivity index (χ2v) is 4.98. The number of carbonyl (C=O) groups excluding carboxylic acids is 1. The lowest BCUT2D eigenvalue weighted by Gasteiger charge is -2.30. The van der Waals surface area contributed by atoms with Crippen LogP contribution in [-0.2, 0) is 9.53 Å². The summed E-state index contributed by atoms with van der Waals surface area (Å²) >= 11 is 0. The number of carbonyl (C=O) groups is 1. The van der Waals surface area contributed by atoms with Crippen LogP contribution in [0.5, 0.6) is 0 Å². The molecule has 0 N–H and O–H groups in total. The zero-order chi connectivity index (χ0) is 10.4. The fraction of sp³-hybridized carbons (Fsp3) is 0.615. The molecule has 0 aromatic heterocycles. The molecule has 0 aliphatic heterocycles. The number of ether oxygens (including phenoxy) is 1. The van der Waals surface area contributed by atoms with Gasteiger partial charge in [0.25, 0.3) is 0 Å². The lowest BCUT2D eigenvalue weighted by Crippen LogP contribution is -2.31. The molecule has 80 valence electrons. The highest BCUT2D eigenvalue weighted by atomic mass is 16.5. The second-order valence-electron chi connectivity index (χ2n) is 4.98. The Morgan fingerprint density at radius 3 is 3.07 bits per heavy atom. The molecule has 3 rings (SSSR count). The summed E-state index contributed by atoms with van der Waals surface area (Å²) in [6.07, 6.45) is 9.64. The third-order valence-electron chi connectivity index (χ3n) is 4.38. The Bertz CT molecular complexity index is 331. The zero-order valence-electron chi connectivity index (χ0n) is 8.76. The number of allylic oxidation sites excluding steroid dienone is 2. The molecule has 3 aliphatic carbocycles. The van der Waals surface area contributed by atoms with Crippen LogP contribution in [0.15, 0.2) is 24.8 Å². The maximum absolute atomic E-state index is 11.2. The van der Waals surface area contributed by atoms with Crippen molar-refractivity contribution in [1.82, 2.24) is 0 Å². The van der Waals surface area contributed by atoms with Gasteiger partial charge < -0.3 is 4.74 Å². The van der Waals surface area contributed by atoms with Crippen molar-refractivity contribution in [2.45, 2.75) is 25.4 Å². The van der Waals surface area contributed by atoms with E-state index in [9.17, 15) is 4.79 Å². The standard InChI is InChI=1S/C13H16O2/c1-2-13(14)15-12-7-8-6-11(12)10-5-3-4-9(8)10/h2-3,5,8-12H,1,4,6-7H2. The van der Waals surface area contributed by atoms with Crippen molar-refractivity contribution >= 4 is 5.97 Å². The zero-order valence-corrected chi connectivity index (χ0v) is 8.76. The van der Waals surface area contributed by atoms with E-state index in [4.69, 9.17) is 4.74 Å². The van der Waals surface area contributed by atoms with Gasteiger partial charge in [0.15, 0.2) is 0 Å². The predicted octanol–water partition coefficient (Wildman–Crippen LogP) is 2.32. The van der Waals surface area contributed by atoms with Crippen LogP contribution in [-0.4, -0.2) is 12.1 Å². The van der Waals surface area contributed by atoms with E-state index in [1.54, 1.807) is 0 Å². The number of rotatable bonds is 2. The van der Waals surface area contributed by atoms with Crippen molar-refractivity contribution < 1.29 is 9.53 Å². The summed E-state index contributed by atoms with van der Waals surface area (Å²) in [4.78, 5) is 11.2. The number of fused-ring (bicyclic) bond motifs is 5. The minimum Gasteiger partial charge on any atom is -0.459 e. The van der Waals surface area contributed by atoms with Crippen molar-refractivity contribution in [3.63, 3.8) is 0 Å². The fourth-order valence-corrected chi connectivity index (χ4v) is 3.82. The highest BCUT2D eigenvalue weighted by molar-refractivity contribution is 5.81. The Hall–Kier alpha value is -1.05. The van der Waals surface area contributed by atoms with Gasteiger partial charge in [0.2, 0.25) is 0 Å². The van der Waals surface area contributed by atoms with E-state index in [2.05, 4.69) is 18.7 Å². The van der Waals surface area contributed by atoms with Crippen LogP contribution in [0.3, 0.4) is 0 Å². The van der Waals surface area contributed by atoms with Crippen molar-refractivity contribution in [3.05, 3.63) is 24.8 Å². The first-order chi connectivity index (χ1) is 7.29. The smallest absolute Gasteiger partial charge is 0.330 e. The average molecular weight is 204 g/mol. The second kappa shape index (κ2) is 3.22. The lowest BCUT2D eigenvalue weighted by molar-refractivity contribution is -0.146. The van der Waals surface area contributed by atoms with Crippen LogP contribution in [0.25, 0.3) is 0 Å². The summed E-state index contributed by atoms with van der Waals surface area (Å²) < 4.78 is 5.41. The summed E-state index contributed by atoms with van der Waals surface area (Å²) in [5.74, 6) is 2.66. The minimum atomic E-state index is -0.258. The summed E-state index contributed by atoms with van der Waals surface area (Å²) in [5.41, 5.74) is 0. The summed E-state index contributed by atoms with van der Waals surface area (Å²) in [6, 6.07) is 0. The van der Waals surface area contributed by atoms with Gasteiger partial charge in [-0.05, 0) is 37.0 Å². The van der Waals surface area contributed by atoms with E-state index in [1.165, 1.54) is 18.9 Å². The molecule has 15 heavy (non-hydrogen) atoms. The van der Waals surface area contributed by atoms with Gasteiger partial charge in [0, 0.05) is 12.0 Å². The van der Waals surface area contributed by atoms with Gasteiger partial charge in [-0.15, -0.1) is 0 Å². The number of esters is 1. The molecule has 2 saturated carbocycles. The maximum atomic E-state index is 11.2. The Balaban J connectivity index is 1.72. The molecule has 0 aromatic carbocycles. The Morgan fingerprint density at radius 1 is 1.40 bits per heavy atom. The van der Waals surface area contributed by atoms with Crippen LogP contribution >= 0.6 is 0 Å². The largest absolute Gasteiger partial charge is 0.459 e.